The van der Waals surface area contributed by atoms with Gasteiger partial charge in [-0.1, -0.05) is 31.4 Å². The number of hydrogen-bond acceptors (Lipinski definition) is 2. The molecule has 0 bridgehead atoms. The summed E-state index contributed by atoms with van der Waals surface area (Å²) in [5, 5.41) is 3.47. The molecule has 100 valence electrons. The average molecular weight is 239 g/mol. The molecule has 2 unspecified atom stereocenters. The highest BCUT2D eigenvalue weighted by Crippen LogP contribution is 2.29. The van der Waals surface area contributed by atoms with Gasteiger partial charge in [-0.05, 0) is 46.1 Å². The zero-order valence-electron chi connectivity index (χ0n) is 12.0. The molecule has 1 N–H and O–H groups in total. The summed E-state index contributed by atoms with van der Waals surface area (Å²) < 4.78 is 5.76. The molecular weight excluding hydrogens is 210 g/mol. The van der Waals surface area contributed by atoms with Gasteiger partial charge in [0.1, 0.15) is 0 Å². The topological polar surface area (TPSA) is 21.3 Å². The van der Waals surface area contributed by atoms with Crippen molar-refractivity contribution in [2.24, 2.45) is 0 Å². The molecule has 0 fully saturated rings. The number of likely N-dealkylation sites (N-methyl/N-ethyl adjacent to an activating group) is 1. The predicted octanol–water partition coefficient (Wildman–Crippen LogP) is 3.67. The monoisotopic (exact) mass is 239 g/mol. The van der Waals surface area contributed by atoms with E-state index < -0.39 is 0 Å². The summed E-state index contributed by atoms with van der Waals surface area (Å²) >= 11 is 0. The largest absolute Gasteiger partial charge is 0.377 e. The van der Waals surface area contributed by atoms with E-state index in [0.29, 0.717) is 6.04 Å². The molecule has 0 heterocycles. The zero-order chi connectivity index (χ0) is 12.7. The van der Waals surface area contributed by atoms with E-state index in [4.69, 9.17) is 4.74 Å². The molecule has 0 aromatic heterocycles. The van der Waals surface area contributed by atoms with E-state index in [1.165, 1.54) is 38.5 Å². The van der Waals surface area contributed by atoms with E-state index in [2.05, 4.69) is 32.3 Å². The Morgan fingerprint density at radius 3 is 2.65 bits per heavy atom. The van der Waals surface area contributed by atoms with Crippen molar-refractivity contribution in [3.63, 3.8) is 0 Å². The van der Waals surface area contributed by atoms with Crippen LogP contribution in [0.15, 0.2) is 11.6 Å². The molecule has 0 saturated carbocycles. The summed E-state index contributed by atoms with van der Waals surface area (Å²) in [5.74, 6) is 0. The van der Waals surface area contributed by atoms with E-state index in [1.54, 1.807) is 5.57 Å². The lowest BCUT2D eigenvalue weighted by molar-refractivity contribution is -0.0182. The van der Waals surface area contributed by atoms with Crippen molar-refractivity contribution in [1.82, 2.24) is 5.32 Å². The number of ether oxygens (including phenoxy) is 1. The Bertz CT molecular complexity index is 243. The van der Waals surface area contributed by atoms with Crippen LogP contribution in [0.25, 0.3) is 0 Å². The molecule has 2 atom stereocenters. The van der Waals surface area contributed by atoms with Gasteiger partial charge in [-0.2, -0.15) is 0 Å². The molecule has 2 nitrogen and oxygen atoms in total. The van der Waals surface area contributed by atoms with Gasteiger partial charge in [-0.3, -0.25) is 0 Å². The molecule has 0 radical (unpaired) electrons. The second-order valence-electron chi connectivity index (χ2n) is 5.32. The van der Waals surface area contributed by atoms with Gasteiger partial charge >= 0.3 is 0 Å². The molecular formula is C15H29NO. The molecule has 1 aliphatic carbocycles. The summed E-state index contributed by atoms with van der Waals surface area (Å²) in [5.41, 5.74) is 1.47. The second kappa shape index (κ2) is 7.17. The van der Waals surface area contributed by atoms with Crippen molar-refractivity contribution in [2.75, 3.05) is 14.2 Å². The van der Waals surface area contributed by atoms with E-state index in [1.807, 2.05) is 7.11 Å². The van der Waals surface area contributed by atoms with Gasteiger partial charge in [-0.15, -0.1) is 0 Å². The van der Waals surface area contributed by atoms with Crippen molar-refractivity contribution < 1.29 is 4.74 Å². The molecule has 17 heavy (non-hydrogen) atoms. The number of rotatable bonds is 5. The third kappa shape index (κ3) is 3.82. The third-order valence-electron chi connectivity index (χ3n) is 4.26. The number of nitrogens with one attached hydrogen (secondary N) is 1. The van der Waals surface area contributed by atoms with Gasteiger partial charge in [0.25, 0.3) is 0 Å². The maximum Gasteiger partial charge on any atom is 0.0838 e. The summed E-state index contributed by atoms with van der Waals surface area (Å²) in [4.78, 5) is 0. The molecule has 0 aromatic carbocycles. The molecule has 2 heteroatoms. The molecule has 0 amide bonds. The first-order chi connectivity index (χ1) is 8.18. The van der Waals surface area contributed by atoms with Crippen LogP contribution in [-0.4, -0.2) is 25.8 Å². The van der Waals surface area contributed by atoms with Crippen LogP contribution in [0.3, 0.4) is 0 Å². The van der Waals surface area contributed by atoms with Gasteiger partial charge < -0.3 is 10.1 Å². The van der Waals surface area contributed by atoms with Crippen LogP contribution >= 0.6 is 0 Å². The lowest BCUT2D eigenvalue weighted by Gasteiger charge is -2.37. The van der Waals surface area contributed by atoms with Crippen LogP contribution in [0.4, 0.5) is 0 Å². The first-order valence-electron chi connectivity index (χ1n) is 7.09. The van der Waals surface area contributed by atoms with E-state index in [0.717, 1.165) is 6.42 Å². The van der Waals surface area contributed by atoms with Gasteiger partial charge in [0.15, 0.2) is 0 Å². The quantitative estimate of drug-likeness (QED) is 0.739. The highest BCUT2D eigenvalue weighted by molar-refractivity contribution is 5.17. The Morgan fingerprint density at radius 2 is 2.06 bits per heavy atom. The third-order valence-corrected chi connectivity index (χ3v) is 4.26. The fourth-order valence-corrected chi connectivity index (χ4v) is 2.83. The molecule has 0 aromatic rings. The van der Waals surface area contributed by atoms with Crippen LogP contribution in [0, 0.1) is 0 Å². The molecule has 0 aliphatic heterocycles. The SMILES string of the molecule is CCC(C)(OC)C(NC)C1=CCCCCCC1. The molecule has 0 saturated heterocycles. The highest BCUT2D eigenvalue weighted by Gasteiger charge is 2.33. The van der Waals surface area contributed by atoms with Gasteiger partial charge in [-0.25, -0.2) is 0 Å². The predicted molar refractivity (Wildman–Crippen MR) is 74.3 cm³/mol. The average Bonchev–Trinajstić information content (AvgIpc) is 2.32. The lowest BCUT2D eigenvalue weighted by atomic mass is 9.83. The maximum atomic E-state index is 5.76. The Hall–Kier alpha value is -0.340. The first kappa shape index (κ1) is 14.7. The van der Waals surface area contributed by atoms with Gasteiger partial charge in [0.05, 0.1) is 11.6 Å². The van der Waals surface area contributed by atoms with Crippen molar-refractivity contribution >= 4 is 0 Å². The van der Waals surface area contributed by atoms with Crippen LogP contribution in [0.2, 0.25) is 0 Å². The van der Waals surface area contributed by atoms with Crippen LogP contribution in [0.1, 0.15) is 58.8 Å². The summed E-state index contributed by atoms with van der Waals surface area (Å²) in [7, 11) is 3.88. The van der Waals surface area contributed by atoms with E-state index >= 15 is 0 Å². The Labute approximate surface area is 107 Å². The summed E-state index contributed by atoms with van der Waals surface area (Å²) in [6, 6.07) is 0.357. The van der Waals surface area contributed by atoms with Gasteiger partial charge in [0.2, 0.25) is 0 Å². The summed E-state index contributed by atoms with van der Waals surface area (Å²) in [6.07, 6.45) is 11.4. The first-order valence-corrected chi connectivity index (χ1v) is 7.09. The smallest absolute Gasteiger partial charge is 0.0838 e. The van der Waals surface area contributed by atoms with E-state index in [-0.39, 0.29) is 5.60 Å². The molecule has 0 spiro atoms. The van der Waals surface area contributed by atoms with Crippen molar-refractivity contribution in [3.05, 3.63) is 11.6 Å². The standard InChI is InChI=1S/C15H29NO/c1-5-15(2,17-4)14(16-3)13-11-9-7-6-8-10-12-13/h11,14,16H,5-10,12H2,1-4H3. The van der Waals surface area contributed by atoms with Crippen LogP contribution in [-0.2, 0) is 4.74 Å². The Morgan fingerprint density at radius 1 is 1.35 bits per heavy atom. The Kier molecular flexibility index (Phi) is 6.21. The van der Waals surface area contributed by atoms with Crippen molar-refractivity contribution in [1.29, 1.82) is 0 Å². The van der Waals surface area contributed by atoms with Crippen molar-refractivity contribution in [2.45, 2.75) is 70.4 Å². The number of hydrogen-bond donors (Lipinski definition) is 1. The number of methoxy groups -OCH3 is 1. The maximum absolute atomic E-state index is 5.76. The second-order valence-corrected chi connectivity index (χ2v) is 5.32. The minimum Gasteiger partial charge on any atom is -0.377 e. The summed E-state index contributed by atoms with van der Waals surface area (Å²) in [6.45, 7) is 4.42. The van der Waals surface area contributed by atoms with E-state index in [9.17, 15) is 0 Å². The fourth-order valence-electron chi connectivity index (χ4n) is 2.83. The van der Waals surface area contributed by atoms with Crippen LogP contribution in [0.5, 0.6) is 0 Å². The lowest BCUT2D eigenvalue weighted by Crippen LogP contribution is -2.49. The number of allylic oxidation sites excluding steroid dienone is 1. The fraction of sp³-hybridized carbons (Fsp3) is 0.867. The minimum absolute atomic E-state index is 0.0836. The molecule has 1 aliphatic rings. The Balaban J connectivity index is 2.83. The van der Waals surface area contributed by atoms with Crippen molar-refractivity contribution in [3.8, 4) is 0 Å². The molecule has 1 rings (SSSR count). The zero-order valence-corrected chi connectivity index (χ0v) is 12.0. The normalized spacial score (nSPS) is 23.2. The highest BCUT2D eigenvalue weighted by atomic mass is 16.5. The van der Waals surface area contributed by atoms with Crippen LogP contribution < -0.4 is 5.32 Å². The minimum atomic E-state index is -0.0836. The van der Waals surface area contributed by atoms with Gasteiger partial charge in [0, 0.05) is 7.11 Å².